The maximum absolute atomic E-state index is 5.68. The Labute approximate surface area is 88.3 Å². The Morgan fingerprint density at radius 2 is 2.43 bits per heavy atom. The van der Waals surface area contributed by atoms with Gasteiger partial charge in [0.25, 0.3) is 0 Å². The topological polar surface area (TPSA) is 49.4 Å². The van der Waals surface area contributed by atoms with Gasteiger partial charge >= 0.3 is 5.13 Å². The van der Waals surface area contributed by atoms with Crippen LogP contribution in [-0.2, 0) is 4.74 Å². The number of nitrogens with two attached hydrogens (primary N) is 1. The average molecular weight is 213 g/mol. The molecule has 1 aliphatic rings. The molecule has 1 unspecified atom stereocenters. The van der Waals surface area contributed by atoms with Crippen molar-refractivity contribution in [3.8, 4) is 0 Å². The standard InChI is InChI=1S/C10H16N2OS/c1-10(2)5-7(3-4-13-10)8-6-14-9(11)12-8/h6-7H,3-5H2,1-2H3,(H2,11,12)/p+1. The zero-order valence-corrected chi connectivity index (χ0v) is 9.49. The van der Waals surface area contributed by atoms with Gasteiger partial charge in [0.2, 0.25) is 0 Å². The number of H-pyrrole nitrogens is 1. The summed E-state index contributed by atoms with van der Waals surface area (Å²) in [6.45, 7) is 5.14. The highest BCUT2D eigenvalue weighted by Crippen LogP contribution is 2.34. The van der Waals surface area contributed by atoms with E-state index in [2.05, 4.69) is 24.2 Å². The summed E-state index contributed by atoms with van der Waals surface area (Å²) in [5.41, 5.74) is 6.96. The van der Waals surface area contributed by atoms with Crippen LogP contribution in [0.5, 0.6) is 0 Å². The lowest BCUT2D eigenvalue weighted by Gasteiger charge is -2.34. The predicted molar refractivity (Wildman–Crippen MR) is 57.3 cm³/mol. The minimum absolute atomic E-state index is 0.00740. The second-order valence-electron chi connectivity index (χ2n) is 4.48. The Morgan fingerprint density at radius 3 is 3.00 bits per heavy atom. The molecular weight excluding hydrogens is 196 g/mol. The summed E-state index contributed by atoms with van der Waals surface area (Å²) in [4.78, 5) is 3.22. The summed E-state index contributed by atoms with van der Waals surface area (Å²) in [6, 6.07) is 0. The highest BCUT2D eigenvalue weighted by Gasteiger charge is 2.31. The van der Waals surface area contributed by atoms with Crippen LogP contribution in [0.1, 0.15) is 38.3 Å². The van der Waals surface area contributed by atoms with E-state index in [0.29, 0.717) is 5.92 Å². The third kappa shape index (κ3) is 2.07. The summed E-state index contributed by atoms with van der Waals surface area (Å²) >= 11 is 1.58. The third-order valence-corrected chi connectivity index (χ3v) is 3.45. The summed E-state index contributed by atoms with van der Waals surface area (Å²) in [5.74, 6) is 0.576. The van der Waals surface area contributed by atoms with Crippen molar-refractivity contribution in [3.63, 3.8) is 0 Å². The number of hydrogen-bond donors (Lipinski definition) is 1. The van der Waals surface area contributed by atoms with Crippen LogP contribution in [0.15, 0.2) is 5.38 Å². The van der Waals surface area contributed by atoms with Crippen molar-refractivity contribution < 1.29 is 9.72 Å². The lowest BCUT2D eigenvalue weighted by molar-refractivity contribution is -0.371. The largest absolute Gasteiger partial charge is 0.376 e. The molecule has 78 valence electrons. The van der Waals surface area contributed by atoms with Crippen molar-refractivity contribution in [1.82, 2.24) is 0 Å². The number of ether oxygens (including phenoxy) is 1. The third-order valence-electron chi connectivity index (χ3n) is 2.72. The molecule has 0 aliphatic carbocycles. The van der Waals surface area contributed by atoms with Crippen molar-refractivity contribution in [3.05, 3.63) is 11.1 Å². The first-order valence-corrected chi connectivity index (χ1v) is 5.85. The normalized spacial score (nSPS) is 26.3. The van der Waals surface area contributed by atoms with Gasteiger partial charge < -0.3 is 4.74 Å². The van der Waals surface area contributed by atoms with Crippen LogP contribution in [0.4, 0.5) is 5.13 Å². The number of anilines is 1. The first kappa shape index (κ1) is 9.93. The Balaban J connectivity index is 2.12. The highest BCUT2D eigenvalue weighted by atomic mass is 32.1. The number of rotatable bonds is 1. The lowest BCUT2D eigenvalue weighted by Crippen LogP contribution is -2.34. The van der Waals surface area contributed by atoms with Gasteiger partial charge in [-0.25, -0.2) is 4.98 Å². The van der Waals surface area contributed by atoms with E-state index >= 15 is 0 Å². The molecule has 0 amide bonds. The number of hydrogen-bond acceptors (Lipinski definition) is 3. The van der Waals surface area contributed by atoms with Crippen molar-refractivity contribution in [2.75, 3.05) is 12.3 Å². The molecule has 2 rings (SSSR count). The number of aromatic amines is 1. The molecule has 1 aromatic heterocycles. The van der Waals surface area contributed by atoms with Crippen LogP contribution in [0.3, 0.4) is 0 Å². The van der Waals surface area contributed by atoms with Crippen molar-refractivity contribution in [1.29, 1.82) is 0 Å². The summed E-state index contributed by atoms with van der Waals surface area (Å²) in [5, 5.41) is 2.92. The van der Waals surface area contributed by atoms with Gasteiger partial charge in [-0.2, -0.15) is 0 Å². The Bertz CT molecular complexity index is 322. The van der Waals surface area contributed by atoms with Gasteiger partial charge in [0.05, 0.1) is 5.60 Å². The number of nitrogen functional groups attached to an aromatic ring is 1. The van der Waals surface area contributed by atoms with Gasteiger partial charge in [0.15, 0.2) is 0 Å². The maximum Gasteiger partial charge on any atom is 0.329 e. The van der Waals surface area contributed by atoms with Crippen LogP contribution in [-0.4, -0.2) is 12.2 Å². The summed E-state index contributed by atoms with van der Waals surface area (Å²) in [6.07, 6.45) is 2.16. The maximum atomic E-state index is 5.68. The van der Waals surface area contributed by atoms with Crippen LogP contribution < -0.4 is 10.7 Å². The molecular formula is C10H17N2OS+. The first-order valence-electron chi connectivity index (χ1n) is 4.97. The molecule has 3 N–H and O–H groups in total. The van der Waals surface area contributed by atoms with Gasteiger partial charge in [-0.05, 0) is 26.7 Å². The van der Waals surface area contributed by atoms with E-state index in [-0.39, 0.29) is 5.60 Å². The fourth-order valence-corrected chi connectivity index (χ4v) is 2.71. The van der Waals surface area contributed by atoms with Gasteiger partial charge in [-0.3, -0.25) is 5.73 Å². The van der Waals surface area contributed by atoms with E-state index in [9.17, 15) is 0 Å². The van der Waals surface area contributed by atoms with Crippen molar-refractivity contribution in [2.45, 2.75) is 38.2 Å². The molecule has 2 heterocycles. The fourth-order valence-electron chi connectivity index (χ4n) is 2.02. The molecule has 1 aliphatic heterocycles. The molecule has 1 atom stereocenters. The second kappa shape index (κ2) is 3.51. The van der Waals surface area contributed by atoms with Crippen molar-refractivity contribution >= 4 is 16.5 Å². The smallest absolute Gasteiger partial charge is 0.329 e. The van der Waals surface area contributed by atoms with Crippen molar-refractivity contribution in [2.24, 2.45) is 0 Å². The van der Waals surface area contributed by atoms with Gasteiger partial charge in [0, 0.05) is 17.9 Å². The molecule has 1 fully saturated rings. The number of thiazole rings is 1. The monoisotopic (exact) mass is 213 g/mol. The molecule has 0 aromatic carbocycles. The molecule has 0 spiro atoms. The second-order valence-corrected chi connectivity index (χ2v) is 5.39. The van der Waals surface area contributed by atoms with Crippen LogP contribution in [0.2, 0.25) is 0 Å². The summed E-state index contributed by atoms with van der Waals surface area (Å²) in [7, 11) is 0. The number of nitrogens with one attached hydrogen (secondary N) is 1. The molecule has 0 radical (unpaired) electrons. The average Bonchev–Trinajstić information content (AvgIpc) is 2.50. The first-order chi connectivity index (χ1) is 6.57. The van der Waals surface area contributed by atoms with Crippen LogP contribution >= 0.6 is 11.3 Å². The molecule has 3 nitrogen and oxygen atoms in total. The molecule has 1 saturated heterocycles. The SMILES string of the molecule is CC1(C)CC(c2csc(N)[nH+]2)CCO1. The fraction of sp³-hybridized carbons (Fsp3) is 0.700. The van der Waals surface area contributed by atoms with E-state index in [1.807, 2.05) is 0 Å². The number of aromatic nitrogens is 1. The quantitative estimate of drug-likeness (QED) is 0.773. The summed E-state index contributed by atoms with van der Waals surface area (Å²) < 4.78 is 5.68. The Kier molecular flexibility index (Phi) is 2.49. The Morgan fingerprint density at radius 1 is 1.64 bits per heavy atom. The van der Waals surface area contributed by atoms with Gasteiger partial charge in [-0.15, -0.1) is 0 Å². The van der Waals surface area contributed by atoms with E-state index < -0.39 is 0 Å². The minimum Gasteiger partial charge on any atom is -0.376 e. The van der Waals surface area contributed by atoms with E-state index in [4.69, 9.17) is 10.5 Å². The van der Waals surface area contributed by atoms with E-state index in [0.717, 1.165) is 24.6 Å². The molecule has 0 saturated carbocycles. The van der Waals surface area contributed by atoms with Crippen LogP contribution in [0, 0.1) is 0 Å². The van der Waals surface area contributed by atoms with Crippen LogP contribution in [0.25, 0.3) is 0 Å². The Hall–Kier alpha value is -0.610. The van der Waals surface area contributed by atoms with E-state index in [1.54, 1.807) is 11.3 Å². The van der Waals surface area contributed by atoms with E-state index in [1.165, 1.54) is 5.69 Å². The minimum atomic E-state index is 0.00740. The molecule has 14 heavy (non-hydrogen) atoms. The lowest BCUT2D eigenvalue weighted by atomic mass is 9.87. The van der Waals surface area contributed by atoms with Gasteiger partial charge in [-0.1, -0.05) is 11.3 Å². The van der Waals surface area contributed by atoms with Gasteiger partial charge in [0.1, 0.15) is 5.69 Å². The molecule has 0 bridgehead atoms. The zero-order valence-electron chi connectivity index (χ0n) is 8.67. The molecule has 4 heteroatoms. The zero-order chi connectivity index (χ0) is 10.2. The molecule has 1 aromatic rings. The predicted octanol–water partition coefficient (Wildman–Crippen LogP) is 1.82. The highest BCUT2D eigenvalue weighted by molar-refractivity contribution is 7.13.